The molecule has 0 saturated carbocycles. The van der Waals surface area contributed by atoms with Gasteiger partial charge < -0.3 is 14.4 Å². The van der Waals surface area contributed by atoms with Crippen LogP contribution in [0.15, 0.2) is 16.7 Å². The first-order chi connectivity index (χ1) is 7.91. The average Bonchev–Trinajstić information content (AvgIpc) is 2.61. The highest BCUT2D eigenvalue weighted by Gasteiger charge is 2.22. The fourth-order valence-corrected chi connectivity index (χ4v) is 1.60. The lowest BCUT2D eigenvalue weighted by molar-refractivity contribution is -0.137. The molecule has 0 bridgehead atoms. The maximum Gasteiger partial charge on any atom is 0.323 e. The number of furan rings is 1. The van der Waals surface area contributed by atoms with Gasteiger partial charge in [0.15, 0.2) is 0 Å². The fraction of sp³-hybridized carbons (Fsp3) is 0.500. The lowest BCUT2D eigenvalue weighted by Crippen LogP contribution is -2.38. The molecule has 0 aliphatic rings. The number of carboxylic acids is 1. The van der Waals surface area contributed by atoms with E-state index in [1.165, 1.54) is 11.2 Å². The van der Waals surface area contributed by atoms with Crippen molar-refractivity contribution in [2.45, 2.75) is 20.8 Å². The van der Waals surface area contributed by atoms with E-state index in [1.54, 1.807) is 13.0 Å². The normalized spacial score (nSPS) is 10.6. The van der Waals surface area contributed by atoms with Crippen LogP contribution in [0.1, 0.15) is 30.0 Å². The molecule has 0 spiro atoms. The first-order valence-electron chi connectivity index (χ1n) is 5.47. The quantitative estimate of drug-likeness (QED) is 0.850. The molecule has 1 N–H and O–H groups in total. The summed E-state index contributed by atoms with van der Waals surface area (Å²) in [6.45, 7) is 5.67. The van der Waals surface area contributed by atoms with Crippen LogP contribution in [0, 0.1) is 12.8 Å². The monoisotopic (exact) mass is 239 g/mol. The molecule has 1 aromatic heterocycles. The number of hydrogen-bond acceptors (Lipinski definition) is 3. The van der Waals surface area contributed by atoms with Crippen molar-refractivity contribution in [3.05, 3.63) is 23.7 Å². The van der Waals surface area contributed by atoms with E-state index < -0.39 is 5.97 Å². The van der Waals surface area contributed by atoms with E-state index >= 15 is 0 Å². The molecule has 0 unspecified atom stereocenters. The Labute approximate surface area is 100 Å². The Kier molecular flexibility index (Phi) is 4.31. The predicted molar refractivity (Wildman–Crippen MR) is 61.8 cm³/mol. The summed E-state index contributed by atoms with van der Waals surface area (Å²) in [5.41, 5.74) is 0.423. The van der Waals surface area contributed by atoms with E-state index in [1.807, 2.05) is 13.8 Å². The van der Waals surface area contributed by atoms with Crippen LogP contribution in [0.4, 0.5) is 0 Å². The molecule has 0 radical (unpaired) electrons. The summed E-state index contributed by atoms with van der Waals surface area (Å²) in [5, 5.41) is 8.80. The maximum absolute atomic E-state index is 12.1. The van der Waals surface area contributed by atoms with Crippen LogP contribution < -0.4 is 0 Å². The lowest BCUT2D eigenvalue weighted by atomic mass is 10.1. The van der Waals surface area contributed by atoms with Crippen molar-refractivity contribution in [2.24, 2.45) is 5.92 Å². The first-order valence-corrected chi connectivity index (χ1v) is 5.47. The third-order valence-corrected chi connectivity index (χ3v) is 2.29. The Hall–Kier alpha value is -1.78. The minimum Gasteiger partial charge on any atom is -0.480 e. The summed E-state index contributed by atoms with van der Waals surface area (Å²) < 4.78 is 5.05. The molecule has 1 aromatic rings. The summed E-state index contributed by atoms with van der Waals surface area (Å²) in [4.78, 5) is 24.2. The minimum absolute atomic E-state index is 0.213. The molecule has 0 fully saturated rings. The van der Waals surface area contributed by atoms with Crippen molar-refractivity contribution >= 4 is 11.9 Å². The standard InChI is InChI=1S/C12H17NO4/c1-8(2)6-13(7-11(14)15)12(16)10-4-5-17-9(10)3/h4-5,8H,6-7H2,1-3H3,(H,14,15). The number of rotatable bonds is 5. The third kappa shape index (κ3) is 3.62. The maximum atomic E-state index is 12.1. The van der Waals surface area contributed by atoms with E-state index in [9.17, 15) is 9.59 Å². The molecule has 5 heteroatoms. The van der Waals surface area contributed by atoms with Crippen LogP contribution in [0.25, 0.3) is 0 Å². The molecule has 0 aromatic carbocycles. The van der Waals surface area contributed by atoms with Crippen molar-refractivity contribution in [1.82, 2.24) is 4.90 Å². The summed E-state index contributed by atoms with van der Waals surface area (Å²) in [7, 11) is 0. The van der Waals surface area contributed by atoms with Crippen LogP contribution >= 0.6 is 0 Å². The Morgan fingerprint density at radius 1 is 1.47 bits per heavy atom. The van der Waals surface area contributed by atoms with E-state index in [0.29, 0.717) is 17.9 Å². The number of carbonyl (C=O) groups excluding carboxylic acids is 1. The van der Waals surface area contributed by atoms with Gasteiger partial charge in [-0.2, -0.15) is 0 Å². The molecule has 0 aliphatic carbocycles. The number of carboxylic acid groups (broad SMARTS) is 1. The SMILES string of the molecule is Cc1occc1C(=O)N(CC(=O)O)CC(C)C. The van der Waals surface area contributed by atoms with Gasteiger partial charge >= 0.3 is 5.97 Å². The number of amides is 1. The van der Waals surface area contributed by atoms with Gasteiger partial charge in [-0.1, -0.05) is 13.8 Å². The van der Waals surface area contributed by atoms with Gasteiger partial charge in [-0.3, -0.25) is 9.59 Å². The van der Waals surface area contributed by atoms with E-state index in [-0.39, 0.29) is 18.4 Å². The minimum atomic E-state index is -1.01. The number of carbonyl (C=O) groups is 2. The fourth-order valence-electron chi connectivity index (χ4n) is 1.60. The molecule has 1 amide bonds. The van der Waals surface area contributed by atoms with Gasteiger partial charge in [0.1, 0.15) is 12.3 Å². The first kappa shape index (κ1) is 13.3. The lowest BCUT2D eigenvalue weighted by Gasteiger charge is -2.22. The van der Waals surface area contributed by atoms with Gasteiger partial charge in [0.25, 0.3) is 5.91 Å². The number of hydrogen-bond donors (Lipinski definition) is 1. The van der Waals surface area contributed by atoms with Crippen molar-refractivity contribution in [3.63, 3.8) is 0 Å². The third-order valence-electron chi connectivity index (χ3n) is 2.29. The second-order valence-electron chi connectivity index (χ2n) is 4.36. The van der Waals surface area contributed by atoms with Crippen LogP contribution in [0.5, 0.6) is 0 Å². The van der Waals surface area contributed by atoms with Gasteiger partial charge in [0.05, 0.1) is 11.8 Å². The highest BCUT2D eigenvalue weighted by atomic mass is 16.4. The van der Waals surface area contributed by atoms with Gasteiger partial charge in [0.2, 0.25) is 0 Å². The number of aliphatic carboxylic acids is 1. The highest BCUT2D eigenvalue weighted by Crippen LogP contribution is 2.13. The molecule has 1 rings (SSSR count). The molecular formula is C12H17NO4. The molecule has 94 valence electrons. The summed E-state index contributed by atoms with van der Waals surface area (Å²) >= 11 is 0. The molecule has 17 heavy (non-hydrogen) atoms. The Morgan fingerprint density at radius 3 is 2.53 bits per heavy atom. The van der Waals surface area contributed by atoms with Gasteiger partial charge in [-0.15, -0.1) is 0 Å². The zero-order valence-electron chi connectivity index (χ0n) is 10.3. The van der Waals surface area contributed by atoms with E-state index in [2.05, 4.69) is 0 Å². The predicted octanol–water partition coefficient (Wildman–Crippen LogP) is 1.77. The largest absolute Gasteiger partial charge is 0.480 e. The Bertz CT molecular complexity index is 408. The van der Waals surface area contributed by atoms with Gasteiger partial charge in [-0.25, -0.2) is 0 Å². The van der Waals surface area contributed by atoms with Crippen molar-refractivity contribution < 1.29 is 19.1 Å². The van der Waals surface area contributed by atoms with Crippen LogP contribution in [-0.4, -0.2) is 35.0 Å². The molecule has 0 aliphatic heterocycles. The zero-order valence-corrected chi connectivity index (χ0v) is 10.3. The molecular weight excluding hydrogens is 222 g/mol. The van der Waals surface area contributed by atoms with Crippen molar-refractivity contribution in [1.29, 1.82) is 0 Å². The average molecular weight is 239 g/mol. The second-order valence-corrected chi connectivity index (χ2v) is 4.36. The van der Waals surface area contributed by atoms with Crippen LogP contribution in [0.2, 0.25) is 0 Å². The van der Waals surface area contributed by atoms with E-state index in [4.69, 9.17) is 9.52 Å². The number of aryl methyl sites for hydroxylation is 1. The molecule has 1 heterocycles. The van der Waals surface area contributed by atoms with Crippen molar-refractivity contribution in [2.75, 3.05) is 13.1 Å². The highest BCUT2D eigenvalue weighted by molar-refractivity contribution is 5.96. The summed E-state index contributed by atoms with van der Waals surface area (Å²) in [5.74, 6) is -0.591. The van der Waals surface area contributed by atoms with Gasteiger partial charge in [-0.05, 0) is 18.9 Å². The van der Waals surface area contributed by atoms with Crippen LogP contribution in [0.3, 0.4) is 0 Å². The summed E-state index contributed by atoms with van der Waals surface area (Å²) in [6, 6.07) is 1.56. The van der Waals surface area contributed by atoms with Gasteiger partial charge in [0, 0.05) is 6.54 Å². The molecule has 0 atom stereocenters. The van der Waals surface area contributed by atoms with E-state index in [0.717, 1.165) is 0 Å². The molecule has 5 nitrogen and oxygen atoms in total. The smallest absolute Gasteiger partial charge is 0.323 e. The Morgan fingerprint density at radius 2 is 2.12 bits per heavy atom. The van der Waals surface area contributed by atoms with Crippen LogP contribution in [-0.2, 0) is 4.79 Å². The zero-order chi connectivity index (χ0) is 13.0. The topological polar surface area (TPSA) is 70.8 Å². The molecule has 0 saturated heterocycles. The Balaban J connectivity index is 2.86. The number of nitrogens with zero attached hydrogens (tertiary/aromatic N) is 1. The second kappa shape index (κ2) is 5.52. The van der Waals surface area contributed by atoms with Crippen molar-refractivity contribution in [3.8, 4) is 0 Å². The summed E-state index contributed by atoms with van der Waals surface area (Å²) in [6.07, 6.45) is 1.43.